The fourth-order valence-electron chi connectivity index (χ4n) is 2.22. The number of benzene rings is 2. The first-order valence-electron chi connectivity index (χ1n) is 8.01. The Morgan fingerprint density at radius 1 is 1.12 bits per heavy atom. The van der Waals surface area contributed by atoms with Crippen LogP contribution in [0.4, 0.5) is 0 Å². The largest absolute Gasteiger partial charge is 0.493 e. The first kappa shape index (κ1) is 17.8. The molecule has 2 aromatic carbocycles. The monoisotopic (exact) mass is 329 g/mol. The molecule has 24 heavy (non-hydrogen) atoms. The quantitative estimate of drug-likeness (QED) is 0.729. The van der Waals surface area contributed by atoms with E-state index in [-0.39, 0.29) is 12.5 Å². The smallest absolute Gasteiger partial charge is 0.310 e. The molecule has 5 nitrogen and oxygen atoms in total. The number of ether oxygens (including phenoxy) is 1. The number of carbonyl (C=O) groups is 2. The number of hydrogen-bond donors (Lipinski definition) is 2. The van der Waals surface area contributed by atoms with Crippen LogP contribution >= 0.6 is 0 Å². The zero-order valence-corrected chi connectivity index (χ0v) is 14.0. The van der Waals surface area contributed by atoms with Crippen molar-refractivity contribution in [1.82, 2.24) is 5.32 Å². The molecule has 0 atom stereocenters. The molecule has 1 amide bonds. The maximum Gasteiger partial charge on any atom is 0.310 e. The van der Waals surface area contributed by atoms with E-state index in [1.54, 1.807) is 13.8 Å². The molecule has 128 valence electrons. The van der Waals surface area contributed by atoms with Crippen LogP contribution in [0.15, 0.2) is 42.5 Å². The second-order valence-corrected chi connectivity index (χ2v) is 6.40. The van der Waals surface area contributed by atoms with E-state index in [1.165, 1.54) is 0 Å². The van der Waals surface area contributed by atoms with Crippen LogP contribution in [0.5, 0.6) is 5.75 Å². The van der Waals surface area contributed by atoms with Gasteiger partial charge in [0.2, 0.25) is 5.91 Å². The van der Waals surface area contributed by atoms with Crippen LogP contribution in [0.2, 0.25) is 0 Å². The SMILES string of the molecule is CC(C)(CNC(=O)CCCOc1cccc2ccccc12)C(=O)O. The minimum atomic E-state index is -0.963. The molecule has 0 saturated carbocycles. The predicted molar refractivity (Wildman–Crippen MR) is 93.1 cm³/mol. The number of rotatable bonds is 8. The van der Waals surface area contributed by atoms with Gasteiger partial charge in [0.25, 0.3) is 0 Å². The van der Waals surface area contributed by atoms with Gasteiger partial charge in [-0.2, -0.15) is 0 Å². The standard InChI is InChI=1S/C19H23NO4/c1-19(2,18(22)23)13-20-17(21)11-6-12-24-16-10-5-8-14-7-3-4-9-15(14)16/h3-5,7-10H,6,11-13H2,1-2H3,(H,20,21)(H,22,23). The Bertz CT molecular complexity index is 719. The van der Waals surface area contributed by atoms with Crippen molar-refractivity contribution in [3.05, 3.63) is 42.5 Å². The van der Waals surface area contributed by atoms with Gasteiger partial charge in [-0.1, -0.05) is 36.4 Å². The van der Waals surface area contributed by atoms with E-state index in [2.05, 4.69) is 5.32 Å². The van der Waals surface area contributed by atoms with Gasteiger partial charge in [0, 0.05) is 18.4 Å². The zero-order valence-electron chi connectivity index (χ0n) is 14.0. The lowest BCUT2D eigenvalue weighted by Crippen LogP contribution is -2.38. The fourth-order valence-corrected chi connectivity index (χ4v) is 2.22. The molecule has 0 bridgehead atoms. The van der Waals surface area contributed by atoms with E-state index in [9.17, 15) is 9.59 Å². The molecular formula is C19H23NO4. The summed E-state index contributed by atoms with van der Waals surface area (Å²) in [6.45, 7) is 3.72. The van der Waals surface area contributed by atoms with Crippen molar-refractivity contribution in [2.45, 2.75) is 26.7 Å². The van der Waals surface area contributed by atoms with E-state index in [1.807, 2.05) is 42.5 Å². The Morgan fingerprint density at radius 3 is 2.58 bits per heavy atom. The zero-order chi connectivity index (χ0) is 17.6. The minimum absolute atomic E-state index is 0.116. The second kappa shape index (κ2) is 7.81. The summed E-state index contributed by atoms with van der Waals surface area (Å²) in [4.78, 5) is 22.8. The average Bonchev–Trinajstić information content (AvgIpc) is 2.57. The van der Waals surface area contributed by atoms with E-state index >= 15 is 0 Å². The maximum absolute atomic E-state index is 11.8. The molecule has 0 spiro atoms. The number of carboxylic acids is 1. The highest BCUT2D eigenvalue weighted by atomic mass is 16.5. The third-order valence-electron chi connectivity index (χ3n) is 3.86. The van der Waals surface area contributed by atoms with Crippen molar-refractivity contribution >= 4 is 22.6 Å². The van der Waals surface area contributed by atoms with Gasteiger partial charge in [0.15, 0.2) is 0 Å². The van der Waals surface area contributed by atoms with Crippen molar-refractivity contribution in [2.24, 2.45) is 5.41 Å². The van der Waals surface area contributed by atoms with Crippen molar-refractivity contribution in [3.63, 3.8) is 0 Å². The highest BCUT2D eigenvalue weighted by molar-refractivity contribution is 5.88. The minimum Gasteiger partial charge on any atom is -0.493 e. The van der Waals surface area contributed by atoms with Crippen LogP contribution in [0.3, 0.4) is 0 Å². The summed E-state index contributed by atoms with van der Waals surface area (Å²) < 4.78 is 5.78. The van der Waals surface area contributed by atoms with Gasteiger partial charge in [0.1, 0.15) is 5.75 Å². The summed E-state index contributed by atoms with van der Waals surface area (Å²) in [6, 6.07) is 13.9. The topological polar surface area (TPSA) is 75.6 Å². The van der Waals surface area contributed by atoms with Crippen molar-refractivity contribution in [1.29, 1.82) is 0 Å². The van der Waals surface area contributed by atoms with E-state index < -0.39 is 11.4 Å². The van der Waals surface area contributed by atoms with Crippen LogP contribution in [-0.2, 0) is 9.59 Å². The fraction of sp³-hybridized carbons (Fsp3) is 0.368. The van der Waals surface area contributed by atoms with Gasteiger partial charge in [-0.25, -0.2) is 0 Å². The number of fused-ring (bicyclic) bond motifs is 1. The summed E-state index contributed by atoms with van der Waals surface area (Å²) in [5, 5.41) is 13.8. The molecule has 0 aliphatic heterocycles. The summed E-state index contributed by atoms with van der Waals surface area (Å²) in [5.41, 5.74) is -0.963. The molecule has 0 fully saturated rings. The third-order valence-corrected chi connectivity index (χ3v) is 3.86. The highest BCUT2D eigenvalue weighted by Crippen LogP contribution is 2.25. The summed E-state index contributed by atoms with van der Waals surface area (Å²) >= 11 is 0. The second-order valence-electron chi connectivity index (χ2n) is 6.40. The van der Waals surface area contributed by atoms with Gasteiger partial charge < -0.3 is 15.2 Å². The lowest BCUT2D eigenvalue weighted by atomic mass is 9.94. The summed E-state index contributed by atoms with van der Waals surface area (Å²) in [5.74, 6) is -0.284. The molecule has 0 heterocycles. The van der Waals surface area contributed by atoms with Crippen LogP contribution in [-0.4, -0.2) is 30.1 Å². The molecule has 0 aromatic heterocycles. The maximum atomic E-state index is 11.8. The lowest BCUT2D eigenvalue weighted by Gasteiger charge is -2.19. The van der Waals surface area contributed by atoms with Gasteiger partial charge >= 0.3 is 5.97 Å². The first-order valence-corrected chi connectivity index (χ1v) is 8.01. The van der Waals surface area contributed by atoms with Gasteiger partial charge in [-0.3, -0.25) is 9.59 Å². The Morgan fingerprint density at radius 2 is 1.83 bits per heavy atom. The van der Waals surface area contributed by atoms with Crippen molar-refractivity contribution < 1.29 is 19.4 Å². The number of carbonyl (C=O) groups excluding carboxylic acids is 1. The molecule has 0 saturated heterocycles. The predicted octanol–water partition coefficient (Wildman–Crippen LogP) is 3.23. The van der Waals surface area contributed by atoms with Gasteiger partial charge in [-0.15, -0.1) is 0 Å². The van der Waals surface area contributed by atoms with Crippen molar-refractivity contribution in [3.8, 4) is 5.75 Å². The molecule has 0 unspecified atom stereocenters. The number of aliphatic carboxylic acids is 1. The average molecular weight is 329 g/mol. The number of carboxylic acid groups (broad SMARTS) is 1. The molecule has 5 heteroatoms. The Kier molecular flexibility index (Phi) is 5.79. The summed E-state index contributed by atoms with van der Waals surface area (Å²) in [7, 11) is 0. The molecule has 2 rings (SSSR count). The first-order chi connectivity index (χ1) is 11.4. The van der Waals surface area contributed by atoms with Gasteiger partial charge in [0.05, 0.1) is 12.0 Å². The van der Waals surface area contributed by atoms with Crippen molar-refractivity contribution in [2.75, 3.05) is 13.2 Å². The lowest BCUT2D eigenvalue weighted by molar-refractivity contribution is -0.146. The molecule has 0 aliphatic carbocycles. The normalized spacial score (nSPS) is 11.2. The highest BCUT2D eigenvalue weighted by Gasteiger charge is 2.27. The third kappa shape index (κ3) is 4.72. The van der Waals surface area contributed by atoms with Gasteiger partial charge in [-0.05, 0) is 31.7 Å². The van der Waals surface area contributed by atoms with Crippen LogP contribution in [0.25, 0.3) is 10.8 Å². The number of hydrogen-bond acceptors (Lipinski definition) is 3. The molecule has 2 aromatic rings. The van der Waals surface area contributed by atoms with Crippen LogP contribution in [0.1, 0.15) is 26.7 Å². The van der Waals surface area contributed by atoms with Crippen LogP contribution < -0.4 is 10.1 Å². The Labute approximate surface area is 141 Å². The Balaban J connectivity index is 1.76. The molecular weight excluding hydrogens is 306 g/mol. The molecule has 0 radical (unpaired) electrons. The summed E-state index contributed by atoms with van der Waals surface area (Å²) in [6.07, 6.45) is 0.878. The molecule has 0 aliphatic rings. The van der Waals surface area contributed by atoms with Crippen LogP contribution in [0, 0.1) is 5.41 Å². The number of amides is 1. The van der Waals surface area contributed by atoms with E-state index in [0.717, 1.165) is 16.5 Å². The van der Waals surface area contributed by atoms with E-state index in [0.29, 0.717) is 19.4 Å². The Hall–Kier alpha value is -2.56. The van der Waals surface area contributed by atoms with E-state index in [4.69, 9.17) is 9.84 Å². The molecule has 2 N–H and O–H groups in total. The number of nitrogens with one attached hydrogen (secondary N) is 1.